The summed E-state index contributed by atoms with van der Waals surface area (Å²) < 4.78 is 15.3. The van der Waals surface area contributed by atoms with Gasteiger partial charge in [-0.05, 0) is 30.3 Å². The molecule has 2 heterocycles. The van der Waals surface area contributed by atoms with Gasteiger partial charge in [-0.2, -0.15) is 5.10 Å². The van der Waals surface area contributed by atoms with Crippen molar-refractivity contribution in [1.29, 1.82) is 5.41 Å². The highest BCUT2D eigenvalue weighted by atomic mass is 35.5. The van der Waals surface area contributed by atoms with Crippen LogP contribution in [0.25, 0.3) is 10.9 Å². The van der Waals surface area contributed by atoms with Crippen LogP contribution in [-0.2, 0) is 6.54 Å². The van der Waals surface area contributed by atoms with Crippen molar-refractivity contribution < 1.29 is 4.39 Å². The van der Waals surface area contributed by atoms with Crippen LogP contribution >= 0.6 is 11.6 Å². The van der Waals surface area contributed by atoms with Gasteiger partial charge in [0.2, 0.25) is 0 Å². The van der Waals surface area contributed by atoms with Crippen LogP contribution in [0.4, 0.5) is 4.39 Å². The third-order valence-electron chi connectivity index (χ3n) is 3.10. The minimum Gasteiger partial charge on any atom is -0.382 e. The van der Waals surface area contributed by atoms with E-state index in [2.05, 4.69) is 10.1 Å². The number of fused-ring (bicyclic) bond motifs is 1. The van der Waals surface area contributed by atoms with Crippen molar-refractivity contribution in [2.75, 3.05) is 0 Å². The van der Waals surface area contributed by atoms with Gasteiger partial charge >= 0.3 is 0 Å². The summed E-state index contributed by atoms with van der Waals surface area (Å²) in [4.78, 5) is 4.00. The van der Waals surface area contributed by atoms with E-state index in [1.54, 1.807) is 22.9 Å². The third kappa shape index (κ3) is 2.45. The van der Waals surface area contributed by atoms with Gasteiger partial charge in [0.15, 0.2) is 0 Å². The molecule has 0 radical (unpaired) electrons. The summed E-state index contributed by atoms with van der Waals surface area (Å²) in [5, 5.41) is 13.1. The van der Waals surface area contributed by atoms with Crippen molar-refractivity contribution in [1.82, 2.24) is 14.8 Å². The Bertz CT molecular complexity index is 842. The summed E-state index contributed by atoms with van der Waals surface area (Å²) >= 11 is 6.00. The molecular formula is C14H11ClFN5. The van der Waals surface area contributed by atoms with E-state index in [0.717, 1.165) is 0 Å². The van der Waals surface area contributed by atoms with Crippen molar-refractivity contribution in [2.24, 2.45) is 5.73 Å². The monoisotopic (exact) mass is 303 g/mol. The first kappa shape index (κ1) is 13.5. The topological polar surface area (TPSA) is 80.6 Å². The molecule has 1 aromatic carbocycles. The van der Waals surface area contributed by atoms with Gasteiger partial charge in [-0.1, -0.05) is 11.6 Å². The quantitative estimate of drug-likeness (QED) is 0.576. The molecule has 3 rings (SSSR count). The highest BCUT2D eigenvalue weighted by Gasteiger charge is 2.14. The van der Waals surface area contributed by atoms with Crippen LogP contribution in [0.3, 0.4) is 0 Å². The summed E-state index contributed by atoms with van der Waals surface area (Å²) in [5.41, 5.74) is 6.82. The average Bonchev–Trinajstić information content (AvgIpc) is 2.80. The van der Waals surface area contributed by atoms with E-state index in [9.17, 15) is 4.39 Å². The summed E-state index contributed by atoms with van der Waals surface area (Å²) in [6, 6.07) is 8.01. The van der Waals surface area contributed by atoms with Crippen LogP contribution in [-0.4, -0.2) is 20.6 Å². The molecule has 0 spiro atoms. The highest BCUT2D eigenvalue weighted by molar-refractivity contribution is 6.31. The molecule has 0 saturated heterocycles. The van der Waals surface area contributed by atoms with E-state index in [1.165, 1.54) is 18.3 Å². The van der Waals surface area contributed by atoms with Crippen LogP contribution in [0.2, 0.25) is 5.02 Å². The van der Waals surface area contributed by atoms with Crippen molar-refractivity contribution >= 4 is 28.3 Å². The number of amidine groups is 1. The minimum absolute atomic E-state index is 0.136. The molecule has 0 unspecified atom stereocenters. The summed E-state index contributed by atoms with van der Waals surface area (Å²) in [5.74, 6) is -0.560. The van der Waals surface area contributed by atoms with Crippen molar-refractivity contribution in [3.8, 4) is 0 Å². The van der Waals surface area contributed by atoms with E-state index in [-0.39, 0.29) is 18.1 Å². The van der Waals surface area contributed by atoms with E-state index in [1.807, 2.05) is 0 Å². The summed E-state index contributed by atoms with van der Waals surface area (Å²) in [6.45, 7) is 0.136. The molecule has 21 heavy (non-hydrogen) atoms. The molecule has 0 aliphatic rings. The lowest BCUT2D eigenvalue weighted by molar-refractivity contribution is 0.576. The number of benzene rings is 1. The van der Waals surface area contributed by atoms with Gasteiger partial charge in [-0.3, -0.25) is 15.1 Å². The van der Waals surface area contributed by atoms with E-state index in [4.69, 9.17) is 22.7 Å². The zero-order valence-corrected chi connectivity index (χ0v) is 11.6. The fraction of sp³-hybridized carbons (Fsp3) is 0.0714. The van der Waals surface area contributed by atoms with Gasteiger partial charge in [0.25, 0.3) is 0 Å². The van der Waals surface area contributed by atoms with Gasteiger partial charge in [-0.15, -0.1) is 0 Å². The first-order valence-corrected chi connectivity index (χ1v) is 6.54. The van der Waals surface area contributed by atoms with Crippen LogP contribution in [0.5, 0.6) is 0 Å². The standard InChI is InChI=1S/C14H11ClFN5/c15-8-3-4-9-12(6-8)21(20-13(9)14(17)18)7-11-10(16)2-1-5-19-11/h1-6H,7H2,(H3,17,18). The average molecular weight is 304 g/mol. The molecule has 0 bridgehead atoms. The Labute approximate surface area is 124 Å². The fourth-order valence-electron chi connectivity index (χ4n) is 2.14. The Kier molecular flexibility index (Phi) is 3.31. The van der Waals surface area contributed by atoms with Crippen LogP contribution in [0, 0.1) is 11.2 Å². The molecule has 3 aromatic rings. The molecule has 0 aliphatic carbocycles. The molecule has 0 saturated carbocycles. The molecule has 5 nitrogen and oxygen atoms in total. The second-order valence-electron chi connectivity index (χ2n) is 4.51. The van der Waals surface area contributed by atoms with Crippen molar-refractivity contribution in [2.45, 2.75) is 6.54 Å². The molecule has 0 aliphatic heterocycles. The van der Waals surface area contributed by atoms with Crippen molar-refractivity contribution in [3.05, 3.63) is 58.8 Å². The zero-order chi connectivity index (χ0) is 15.0. The van der Waals surface area contributed by atoms with E-state index in [0.29, 0.717) is 21.6 Å². The number of rotatable bonds is 3. The molecule has 7 heteroatoms. The lowest BCUT2D eigenvalue weighted by atomic mass is 10.2. The Balaban J connectivity index is 2.16. The Morgan fingerprint density at radius 3 is 2.90 bits per heavy atom. The number of nitrogens with one attached hydrogen (secondary N) is 1. The normalized spacial score (nSPS) is 11.0. The number of hydrogen-bond acceptors (Lipinski definition) is 3. The van der Waals surface area contributed by atoms with Gasteiger partial charge < -0.3 is 5.73 Å². The largest absolute Gasteiger partial charge is 0.382 e. The first-order valence-electron chi connectivity index (χ1n) is 6.16. The molecule has 106 valence electrons. The fourth-order valence-corrected chi connectivity index (χ4v) is 2.31. The summed E-state index contributed by atoms with van der Waals surface area (Å²) in [7, 11) is 0. The predicted octanol–water partition coefficient (Wildman–Crippen LogP) is 2.56. The maximum absolute atomic E-state index is 13.7. The highest BCUT2D eigenvalue weighted by Crippen LogP contribution is 2.23. The number of nitrogen functional groups attached to an aromatic ring is 1. The Hall–Kier alpha value is -2.47. The number of nitrogens with two attached hydrogens (primary N) is 1. The molecule has 0 fully saturated rings. The van der Waals surface area contributed by atoms with Gasteiger partial charge in [0, 0.05) is 16.6 Å². The molecule has 3 N–H and O–H groups in total. The molecule has 0 amide bonds. The maximum Gasteiger partial charge on any atom is 0.146 e. The predicted molar refractivity (Wildman–Crippen MR) is 79.1 cm³/mol. The van der Waals surface area contributed by atoms with Crippen LogP contribution < -0.4 is 5.73 Å². The van der Waals surface area contributed by atoms with E-state index >= 15 is 0 Å². The molecular weight excluding hydrogens is 293 g/mol. The first-order chi connectivity index (χ1) is 10.1. The minimum atomic E-state index is -0.410. The van der Waals surface area contributed by atoms with Gasteiger partial charge in [0.1, 0.15) is 17.3 Å². The molecule has 0 atom stereocenters. The van der Waals surface area contributed by atoms with Gasteiger partial charge in [-0.25, -0.2) is 4.39 Å². The number of halogens is 2. The van der Waals surface area contributed by atoms with Crippen molar-refractivity contribution in [3.63, 3.8) is 0 Å². The zero-order valence-electron chi connectivity index (χ0n) is 10.8. The second-order valence-corrected chi connectivity index (χ2v) is 4.95. The Morgan fingerprint density at radius 1 is 1.38 bits per heavy atom. The number of aromatic nitrogens is 3. The molecule has 2 aromatic heterocycles. The third-order valence-corrected chi connectivity index (χ3v) is 3.34. The van der Waals surface area contributed by atoms with Crippen LogP contribution in [0.15, 0.2) is 36.5 Å². The smallest absolute Gasteiger partial charge is 0.146 e. The van der Waals surface area contributed by atoms with Gasteiger partial charge in [0.05, 0.1) is 17.8 Å². The Morgan fingerprint density at radius 2 is 2.19 bits per heavy atom. The lowest BCUT2D eigenvalue weighted by Crippen LogP contribution is -2.13. The maximum atomic E-state index is 13.7. The number of hydrogen-bond donors (Lipinski definition) is 2. The number of nitrogens with zero attached hydrogens (tertiary/aromatic N) is 3. The summed E-state index contributed by atoms with van der Waals surface area (Å²) in [6.07, 6.45) is 1.52. The number of pyridine rings is 1. The lowest BCUT2D eigenvalue weighted by Gasteiger charge is -2.04. The SMILES string of the molecule is N=C(N)c1nn(Cc2ncccc2F)c2cc(Cl)ccc12. The second kappa shape index (κ2) is 5.14. The van der Waals surface area contributed by atoms with Crippen LogP contribution in [0.1, 0.15) is 11.4 Å². The van der Waals surface area contributed by atoms with E-state index < -0.39 is 5.82 Å².